The maximum Gasteiger partial charge on any atom is 0.342 e. The van der Waals surface area contributed by atoms with Gasteiger partial charge in [0.25, 0.3) is 0 Å². The van der Waals surface area contributed by atoms with Crippen LogP contribution in [0.5, 0.6) is 17.2 Å². The number of methoxy groups -OCH3 is 5. The zero-order valence-corrected chi connectivity index (χ0v) is 17.8. The predicted molar refractivity (Wildman–Crippen MR) is 114 cm³/mol. The maximum atomic E-state index is 12.7. The van der Waals surface area contributed by atoms with Gasteiger partial charge in [0.1, 0.15) is 11.3 Å². The Labute approximate surface area is 178 Å². The van der Waals surface area contributed by atoms with E-state index in [9.17, 15) is 9.59 Å². The van der Waals surface area contributed by atoms with Crippen LogP contribution in [0.2, 0.25) is 0 Å². The highest BCUT2D eigenvalue weighted by Crippen LogP contribution is 2.41. The van der Waals surface area contributed by atoms with Crippen molar-refractivity contribution < 1.29 is 37.7 Å². The molecule has 0 aliphatic heterocycles. The smallest absolute Gasteiger partial charge is 0.342 e. The lowest BCUT2D eigenvalue weighted by molar-refractivity contribution is -0.134. The van der Waals surface area contributed by atoms with Gasteiger partial charge in [0.05, 0.1) is 35.5 Å². The third-order valence-electron chi connectivity index (χ3n) is 4.65. The van der Waals surface area contributed by atoms with E-state index in [1.165, 1.54) is 41.6 Å². The molecule has 0 unspecified atom stereocenters. The van der Waals surface area contributed by atoms with Crippen LogP contribution in [0.25, 0.3) is 28.4 Å². The monoisotopic (exact) mass is 426 g/mol. The van der Waals surface area contributed by atoms with Crippen LogP contribution in [0.15, 0.2) is 40.8 Å². The van der Waals surface area contributed by atoms with Crippen LogP contribution in [-0.4, -0.2) is 47.5 Å². The number of hydrogen-bond acceptors (Lipinski definition) is 8. The molecule has 1 heterocycles. The summed E-state index contributed by atoms with van der Waals surface area (Å²) < 4.78 is 31.8. The van der Waals surface area contributed by atoms with Crippen molar-refractivity contribution in [2.75, 3.05) is 35.5 Å². The van der Waals surface area contributed by atoms with Crippen molar-refractivity contribution in [2.45, 2.75) is 0 Å². The second kappa shape index (κ2) is 9.25. The van der Waals surface area contributed by atoms with Crippen LogP contribution in [-0.2, 0) is 14.3 Å². The quantitative estimate of drug-likeness (QED) is 0.412. The van der Waals surface area contributed by atoms with E-state index in [4.69, 9.17) is 23.4 Å². The summed E-state index contributed by atoms with van der Waals surface area (Å²) in [6.07, 6.45) is 2.83. The Morgan fingerprint density at radius 1 is 0.839 bits per heavy atom. The van der Waals surface area contributed by atoms with E-state index in [1.807, 2.05) is 0 Å². The molecule has 8 heteroatoms. The van der Waals surface area contributed by atoms with E-state index in [1.54, 1.807) is 36.4 Å². The molecular weight excluding hydrogens is 404 g/mol. The fourth-order valence-electron chi connectivity index (χ4n) is 3.16. The van der Waals surface area contributed by atoms with Crippen LogP contribution in [0.3, 0.4) is 0 Å². The average Bonchev–Trinajstić information content (AvgIpc) is 3.20. The highest BCUT2D eigenvalue weighted by Gasteiger charge is 2.26. The second-order valence-corrected chi connectivity index (χ2v) is 6.32. The number of carbonyl (C=O) groups is 2. The predicted octanol–water partition coefficient (Wildman–Crippen LogP) is 4.10. The van der Waals surface area contributed by atoms with Crippen molar-refractivity contribution in [1.82, 2.24) is 0 Å². The first-order chi connectivity index (χ1) is 15.0. The Bertz CT molecular complexity index is 1160. The molecule has 162 valence electrons. The molecule has 0 N–H and O–H groups in total. The average molecular weight is 426 g/mol. The maximum absolute atomic E-state index is 12.7. The number of carbonyl (C=O) groups excluding carboxylic acids is 2. The third-order valence-corrected chi connectivity index (χ3v) is 4.65. The molecule has 0 saturated heterocycles. The number of fused-ring (bicyclic) bond motifs is 1. The van der Waals surface area contributed by atoms with Crippen molar-refractivity contribution in [2.24, 2.45) is 0 Å². The first-order valence-electron chi connectivity index (χ1n) is 9.18. The Kier molecular flexibility index (Phi) is 6.49. The van der Waals surface area contributed by atoms with E-state index in [0.717, 1.165) is 0 Å². The molecule has 0 spiro atoms. The Morgan fingerprint density at radius 2 is 1.55 bits per heavy atom. The summed E-state index contributed by atoms with van der Waals surface area (Å²) in [4.78, 5) is 24.2. The summed E-state index contributed by atoms with van der Waals surface area (Å²) in [5.41, 5.74) is 1.78. The van der Waals surface area contributed by atoms with E-state index >= 15 is 0 Å². The van der Waals surface area contributed by atoms with Crippen LogP contribution in [0.1, 0.15) is 15.9 Å². The van der Waals surface area contributed by atoms with Crippen LogP contribution >= 0.6 is 0 Å². The molecule has 0 fully saturated rings. The summed E-state index contributed by atoms with van der Waals surface area (Å²) in [6, 6.07) is 8.55. The molecule has 0 aliphatic carbocycles. The van der Waals surface area contributed by atoms with Crippen molar-refractivity contribution in [3.63, 3.8) is 0 Å². The minimum atomic E-state index is -0.584. The molecule has 0 aliphatic rings. The fourth-order valence-corrected chi connectivity index (χ4v) is 3.16. The van der Waals surface area contributed by atoms with Crippen molar-refractivity contribution in [1.29, 1.82) is 0 Å². The van der Waals surface area contributed by atoms with Gasteiger partial charge < -0.3 is 28.1 Å². The van der Waals surface area contributed by atoms with Gasteiger partial charge in [0, 0.05) is 17.0 Å². The van der Waals surface area contributed by atoms with Gasteiger partial charge in [-0.15, -0.1) is 0 Å². The number of furan rings is 1. The topological polar surface area (TPSA) is 93.4 Å². The first-order valence-corrected chi connectivity index (χ1v) is 9.18. The summed E-state index contributed by atoms with van der Waals surface area (Å²) >= 11 is 0. The van der Waals surface area contributed by atoms with Crippen LogP contribution < -0.4 is 14.2 Å². The van der Waals surface area contributed by atoms with Crippen LogP contribution in [0, 0.1) is 0 Å². The van der Waals surface area contributed by atoms with Crippen molar-refractivity contribution >= 4 is 29.0 Å². The Balaban J connectivity index is 2.29. The van der Waals surface area contributed by atoms with Gasteiger partial charge in [-0.3, -0.25) is 0 Å². The SMILES string of the molecule is COC(=O)C=Cc1cc(OC)c2oc(-c3ccc(OC)c(OC)c3)c(C(=O)OC)c2c1. The third kappa shape index (κ3) is 4.18. The van der Waals surface area contributed by atoms with Gasteiger partial charge in [-0.2, -0.15) is 0 Å². The van der Waals surface area contributed by atoms with Gasteiger partial charge in [0.2, 0.25) is 0 Å². The van der Waals surface area contributed by atoms with E-state index < -0.39 is 11.9 Å². The molecular formula is C23H22O8. The summed E-state index contributed by atoms with van der Waals surface area (Å²) in [7, 11) is 7.12. The van der Waals surface area contributed by atoms with Gasteiger partial charge in [0.15, 0.2) is 22.8 Å². The van der Waals surface area contributed by atoms with Gasteiger partial charge in [-0.05, 0) is 42.0 Å². The fraction of sp³-hybridized carbons (Fsp3) is 0.217. The van der Waals surface area contributed by atoms with E-state index in [2.05, 4.69) is 4.74 Å². The van der Waals surface area contributed by atoms with Gasteiger partial charge in [-0.25, -0.2) is 9.59 Å². The first kappa shape index (κ1) is 21.8. The lowest BCUT2D eigenvalue weighted by Crippen LogP contribution is -2.02. The van der Waals surface area contributed by atoms with Crippen molar-refractivity contribution in [3.8, 4) is 28.6 Å². The number of ether oxygens (including phenoxy) is 5. The minimum Gasteiger partial charge on any atom is -0.493 e. The minimum absolute atomic E-state index is 0.219. The summed E-state index contributed by atoms with van der Waals surface area (Å²) in [5.74, 6) is 0.596. The normalized spacial score (nSPS) is 10.9. The summed E-state index contributed by atoms with van der Waals surface area (Å²) in [5, 5.41) is 0.473. The Hall–Kier alpha value is -3.94. The molecule has 0 bridgehead atoms. The molecule has 0 atom stereocenters. The number of esters is 2. The molecule has 1 aromatic heterocycles. The van der Waals surface area contributed by atoms with Gasteiger partial charge >= 0.3 is 11.9 Å². The molecule has 8 nitrogen and oxygen atoms in total. The summed E-state index contributed by atoms with van der Waals surface area (Å²) in [6.45, 7) is 0. The zero-order chi connectivity index (χ0) is 22.5. The molecule has 0 amide bonds. The molecule has 2 aromatic carbocycles. The lowest BCUT2D eigenvalue weighted by Gasteiger charge is -2.09. The second-order valence-electron chi connectivity index (χ2n) is 6.32. The van der Waals surface area contributed by atoms with Gasteiger partial charge in [-0.1, -0.05) is 0 Å². The standard InChI is InChI=1S/C23H22O8/c1-26-16-8-7-14(12-17(16)27-2)21-20(23(25)30-5)15-10-13(6-9-19(24)29-4)11-18(28-3)22(15)31-21/h6-12H,1-5H3. The van der Waals surface area contributed by atoms with E-state index in [-0.39, 0.29) is 11.3 Å². The molecule has 3 aromatic rings. The zero-order valence-electron chi connectivity index (χ0n) is 17.8. The Morgan fingerprint density at radius 3 is 2.16 bits per heavy atom. The molecule has 3 rings (SSSR count). The number of rotatable bonds is 7. The molecule has 0 radical (unpaired) electrons. The van der Waals surface area contributed by atoms with Crippen molar-refractivity contribution in [3.05, 3.63) is 47.5 Å². The van der Waals surface area contributed by atoms with Crippen LogP contribution in [0.4, 0.5) is 0 Å². The molecule has 31 heavy (non-hydrogen) atoms. The highest BCUT2D eigenvalue weighted by atomic mass is 16.5. The molecule has 0 saturated carbocycles. The van der Waals surface area contributed by atoms with E-state index in [0.29, 0.717) is 39.3 Å². The number of hydrogen-bond donors (Lipinski definition) is 0. The highest BCUT2D eigenvalue weighted by molar-refractivity contribution is 6.10. The number of benzene rings is 2. The lowest BCUT2D eigenvalue weighted by atomic mass is 10.0. The largest absolute Gasteiger partial charge is 0.493 e.